The molecule has 0 amide bonds. The van der Waals surface area contributed by atoms with E-state index >= 15 is 0 Å². The summed E-state index contributed by atoms with van der Waals surface area (Å²) < 4.78 is 11.8. The van der Waals surface area contributed by atoms with Crippen LogP contribution < -0.4 is 5.32 Å². The fourth-order valence-electron chi connectivity index (χ4n) is 5.89. The lowest BCUT2D eigenvalue weighted by Crippen LogP contribution is -2.56. The van der Waals surface area contributed by atoms with Gasteiger partial charge in [-0.05, 0) is 31.9 Å². The van der Waals surface area contributed by atoms with Crippen LogP contribution in [-0.2, 0) is 9.47 Å². The molecule has 2 bridgehead atoms. The molecule has 5 aliphatic heterocycles. The van der Waals surface area contributed by atoms with E-state index in [-0.39, 0.29) is 5.54 Å². The van der Waals surface area contributed by atoms with Crippen molar-refractivity contribution in [3.05, 3.63) is 0 Å². The zero-order chi connectivity index (χ0) is 18.3. The van der Waals surface area contributed by atoms with Crippen LogP contribution in [-0.4, -0.2) is 97.5 Å². The topological polar surface area (TPSA) is 49.3 Å². The zero-order valence-corrected chi connectivity index (χ0v) is 17.4. The first-order valence-electron chi connectivity index (χ1n) is 10.9. The van der Waals surface area contributed by atoms with E-state index in [0.717, 1.165) is 70.3 Å². The number of hydrogen-bond acceptors (Lipinski definition) is 5. The Balaban J connectivity index is 1.30. The third-order valence-electron chi connectivity index (χ3n) is 7.37. The van der Waals surface area contributed by atoms with Gasteiger partial charge in [0.1, 0.15) is 0 Å². The largest absolute Gasteiger partial charge is 0.379 e. The molecule has 5 unspecified atom stereocenters. The highest BCUT2D eigenvalue weighted by Crippen LogP contribution is 2.47. The summed E-state index contributed by atoms with van der Waals surface area (Å²) in [5.41, 5.74) is 0.229. The van der Waals surface area contributed by atoms with E-state index in [2.05, 4.69) is 33.8 Å². The van der Waals surface area contributed by atoms with Crippen molar-refractivity contribution in [2.45, 2.75) is 43.9 Å². The average molecular weight is 395 g/mol. The Hall–Kier alpha value is -0.500. The molecular formula is C20H34N4O2S. The maximum absolute atomic E-state index is 6.16. The Morgan fingerprint density at radius 2 is 1.93 bits per heavy atom. The van der Waals surface area contributed by atoms with Crippen LogP contribution in [0, 0.1) is 11.8 Å². The number of nitrogens with one attached hydrogen (secondary N) is 1. The molecule has 5 heterocycles. The summed E-state index contributed by atoms with van der Waals surface area (Å²) in [5, 5.41) is 3.59. The van der Waals surface area contributed by atoms with E-state index in [4.69, 9.17) is 14.5 Å². The Morgan fingerprint density at radius 1 is 1.19 bits per heavy atom. The molecule has 0 aromatic rings. The molecule has 5 rings (SSSR count). The fourth-order valence-corrected chi connectivity index (χ4v) is 7.36. The van der Waals surface area contributed by atoms with E-state index in [9.17, 15) is 0 Å². The number of rotatable bonds is 4. The van der Waals surface area contributed by atoms with Crippen molar-refractivity contribution in [3.63, 3.8) is 0 Å². The summed E-state index contributed by atoms with van der Waals surface area (Å²) in [6.07, 6.45) is 4.82. The summed E-state index contributed by atoms with van der Waals surface area (Å²) in [7, 11) is 0. The molecule has 0 aromatic heterocycles. The molecule has 0 saturated carbocycles. The van der Waals surface area contributed by atoms with Gasteiger partial charge in [0.2, 0.25) is 0 Å². The molecule has 0 aliphatic carbocycles. The van der Waals surface area contributed by atoms with Crippen molar-refractivity contribution < 1.29 is 9.47 Å². The van der Waals surface area contributed by atoms with E-state index in [1.807, 2.05) is 0 Å². The van der Waals surface area contributed by atoms with Crippen molar-refractivity contribution in [2.24, 2.45) is 16.8 Å². The maximum Gasteiger partial charge on any atom is 0.194 e. The van der Waals surface area contributed by atoms with E-state index in [0.29, 0.717) is 12.2 Å². The van der Waals surface area contributed by atoms with Crippen LogP contribution in [0.3, 0.4) is 0 Å². The highest BCUT2D eigenvalue weighted by Gasteiger charge is 2.53. The van der Waals surface area contributed by atoms with Gasteiger partial charge >= 0.3 is 0 Å². The van der Waals surface area contributed by atoms with Gasteiger partial charge in [0.05, 0.1) is 37.5 Å². The van der Waals surface area contributed by atoms with E-state index in [1.165, 1.54) is 30.8 Å². The minimum atomic E-state index is 0.229. The number of likely N-dealkylation sites (tertiary alicyclic amines) is 1. The van der Waals surface area contributed by atoms with Gasteiger partial charge in [0.25, 0.3) is 0 Å². The first kappa shape index (κ1) is 18.5. The van der Waals surface area contributed by atoms with Crippen LogP contribution in [0.1, 0.15) is 26.2 Å². The number of morpholine rings is 1. The second kappa shape index (κ2) is 7.73. The van der Waals surface area contributed by atoms with Gasteiger partial charge in [0, 0.05) is 50.3 Å². The number of guanidine groups is 1. The molecular weight excluding hydrogens is 360 g/mol. The molecule has 5 fully saturated rings. The Labute approximate surface area is 167 Å². The van der Waals surface area contributed by atoms with Crippen molar-refractivity contribution in [3.8, 4) is 0 Å². The Bertz CT molecular complexity index is 544. The van der Waals surface area contributed by atoms with Crippen LogP contribution in [0.25, 0.3) is 0 Å². The van der Waals surface area contributed by atoms with Crippen LogP contribution in [0.2, 0.25) is 0 Å². The summed E-state index contributed by atoms with van der Waals surface area (Å²) >= 11 is 2.09. The lowest BCUT2D eigenvalue weighted by molar-refractivity contribution is -0.0105. The van der Waals surface area contributed by atoms with Gasteiger partial charge in [-0.3, -0.25) is 9.89 Å². The first-order valence-corrected chi connectivity index (χ1v) is 12.0. The number of nitrogens with zero attached hydrogens (tertiary/aromatic N) is 3. The zero-order valence-electron chi connectivity index (χ0n) is 16.6. The van der Waals surface area contributed by atoms with Crippen LogP contribution in [0.5, 0.6) is 0 Å². The van der Waals surface area contributed by atoms with Crippen molar-refractivity contribution in [2.75, 3.05) is 64.0 Å². The van der Waals surface area contributed by atoms with E-state index < -0.39 is 0 Å². The minimum absolute atomic E-state index is 0.229. The molecule has 1 N–H and O–H groups in total. The molecule has 0 spiro atoms. The lowest BCUT2D eigenvalue weighted by atomic mass is 9.82. The van der Waals surface area contributed by atoms with Gasteiger partial charge in [-0.1, -0.05) is 0 Å². The number of thioether (sulfide) groups is 1. The Morgan fingerprint density at radius 3 is 2.56 bits per heavy atom. The molecule has 152 valence electrons. The molecule has 0 radical (unpaired) electrons. The summed E-state index contributed by atoms with van der Waals surface area (Å²) in [6, 6.07) is 0. The Kier molecular flexibility index (Phi) is 5.30. The van der Waals surface area contributed by atoms with Crippen molar-refractivity contribution in [1.29, 1.82) is 0 Å². The maximum atomic E-state index is 6.16. The van der Waals surface area contributed by atoms with Gasteiger partial charge in [-0.2, -0.15) is 11.8 Å². The van der Waals surface area contributed by atoms with Crippen molar-refractivity contribution >= 4 is 17.7 Å². The van der Waals surface area contributed by atoms with Gasteiger partial charge in [0.15, 0.2) is 5.96 Å². The highest BCUT2D eigenvalue weighted by molar-refractivity contribution is 7.99. The third kappa shape index (κ3) is 3.38. The summed E-state index contributed by atoms with van der Waals surface area (Å²) in [6.45, 7) is 10.1. The van der Waals surface area contributed by atoms with Crippen molar-refractivity contribution in [1.82, 2.24) is 15.1 Å². The molecule has 5 saturated heterocycles. The smallest absolute Gasteiger partial charge is 0.194 e. The van der Waals surface area contributed by atoms with E-state index in [1.54, 1.807) is 0 Å². The first-order chi connectivity index (χ1) is 13.3. The molecule has 6 nitrogen and oxygen atoms in total. The predicted octanol–water partition coefficient (Wildman–Crippen LogP) is 1.27. The monoisotopic (exact) mass is 394 g/mol. The minimum Gasteiger partial charge on any atom is -0.379 e. The van der Waals surface area contributed by atoms with Crippen LogP contribution >= 0.6 is 11.8 Å². The van der Waals surface area contributed by atoms with Gasteiger partial charge < -0.3 is 19.7 Å². The highest BCUT2D eigenvalue weighted by atomic mass is 32.2. The molecule has 5 atom stereocenters. The quantitative estimate of drug-likeness (QED) is 0.572. The van der Waals surface area contributed by atoms with Crippen LogP contribution in [0.4, 0.5) is 0 Å². The number of fused-ring (bicyclic) bond motifs is 5. The summed E-state index contributed by atoms with van der Waals surface area (Å²) in [5.74, 6) is 5.05. The SMILES string of the molecule is CCNC(=NCC1(N2CCOCC2)CCSC1)N1CC2C3CCC(O3)C2C1. The molecule has 5 aliphatic rings. The lowest BCUT2D eigenvalue weighted by Gasteiger charge is -2.42. The average Bonchev–Trinajstić information content (AvgIpc) is 3.48. The standard InChI is InChI=1S/C20H34N4O2S/c1-2-21-19(23-11-15-16(12-23)18-4-3-17(15)26-18)22-13-20(5-10-27-14-20)24-6-8-25-9-7-24/h15-18H,2-14H2,1H3,(H,21,22). The number of ether oxygens (including phenoxy) is 2. The predicted molar refractivity (Wildman–Crippen MR) is 109 cm³/mol. The van der Waals surface area contributed by atoms with Gasteiger partial charge in [-0.15, -0.1) is 0 Å². The van der Waals surface area contributed by atoms with Gasteiger partial charge in [-0.25, -0.2) is 0 Å². The molecule has 7 heteroatoms. The summed E-state index contributed by atoms with van der Waals surface area (Å²) in [4.78, 5) is 10.4. The molecule has 27 heavy (non-hydrogen) atoms. The fraction of sp³-hybridized carbons (Fsp3) is 0.950. The number of aliphatic imine (C=N–C) groups is 1. The number of hydrogen-bond donors (Lipinski definition) is 1. The second-order valence-corrected chi connectivity index (χ2v) is 9.92. The second-order valence-electron chi connectivity index (χ2n) is 8.82. The normalized spacial score (nSPS) is 42.1. The third-order valence-corrected chi connectivity index (χ3v) is 8.61. The van der Waals surface area contributed by atoms with Crippen LogP contribution in [0.15, 0.2) is 4.99 Å². The molecule has 0 aromatic carbocycles.